The van der Waals surface area contributed by atoms with Gasteiger partial charge in [-0.1, -0.05) is 6.07 Å². The van der Waals surface area contributed by atoms with Gasteiger partial charge in [-0.25, -0.2) is 4.39 Å². The van der Waals surface area contributed by atoms with Crippen LogP contribution in [0.4, 0.5) is 4.39 Å². The van der Waals surface area contributed by atoms with Crippen molar-refractivity contribution in [3.63, 3.8) is 0 Å². The third-order valence-corrected chi connectivity index (χ3v) is 4.17. The molecular formula is C14H17BrFNO2. The zero-order valence-corrected chi connectivity index (χ0v) is 12.7. The fourth-order valence-corrected chi connectivity index (χ4v) is 2.64. The van der Waals surface area contributed by atoms with E-state index in [-0.39, 0.29) is 11.3 Å². The summed E-state index contributed by atoms with van der Waals surface area (Å²) in [6, 6.07) is 4.80. The summed E-state index contributed by atoms with van der Waals surface area (Å²) in [7, 11) is 0. The first-order valence-electron chi connectivity index (χ1n) is 6.26. The molecule has 0 amide bonds. The summed E-state index contributed by atoms with van der Waals surface area (Å²) in [5, 5.41) is 0. The average molecular weight is 330 g/mol. The van der Waals surface area contributed by atoms with E-state index < -0.39 is 11.4 Å². The topological polar surface area (TPSA) is 29.5 Å². The number of carbonyl (C=O) groups is 1. The molecule has 1 aromatic rings. The maximum Gasteiger partial charge on any atom is 0.185 e. The largest absolute Gasteiger partial charge is 0.379 e. The van der Waals surface area contributed by atoms with Gasteiger partial charge in [0.05, 0.1) is 28.8 Å². The predicted octanol–water partition coefficient (Wildman–Crippen LogP) is 2.88. The minimum Gasteiger partial charge on any atom is -0.379 e. The summed E-state index contributed by atoms with van der Waals surface area (Å²) in [4.78, 5) is 14.6. The Labute approximate surface area is 120 Å². The molecule has 0 saturated carbocycles. The van der Waals surface area contributed by atoms with Gasteiger partial charge in [0.1, 0.15) is 5.82 Å². The third-order valence-electron chi connectivity index (χ3n) is 3.55. The molecular weight excluding hydrogens is 313 g/mol. The number of benzene rings is 1. The second-order valence-corrected chi connectivity index (χ2v) is 5.94. The van der Waals surface area contributed by atoms with Crippen LogP contribution < -0.4 is 0 Å². The number of rotatable bonds is 3. The quantitative estimate of drug-likeness (QED) is 0.798. The van der Waals surface area contributed by atoms with Gasteiger partial charge in [0.15, 0.2) is 5.78 Å². The van der Waals surface area contributed by atoms with Crippen LogP contribution in [0.15, 0.2) is 22.7 Å². The minimum absolute atomic E-state index is 0.130. The smallest absolute Gasteiger partial charge is 0.185 e. The van der Waals surface area contributed by atoms with Crippen LogP contribution in [0.2, 0.25) is 0 Å². The molecule has 0 bridgehead atoms. The lowest BCUT2D eigenvalue weighted by atomic mass is 9.90. The van der Waals surface area contributed by atoms with E-state index in [0.29, 0.717) is 30.8 Å². The number of ketones is 1. The van der Waals surface area contributed by atoms with Crippen molar-refractivity contribution in [1.29, 1.82) is 0 Å². The Hall–Kier alpha value is -0.780. The highest BCUT2D eigenvalue weighted by Gasteiger charge is 2.37. The van der Waals surface area contributed by atoms with E-state index in [0.717, 1.165) is 0 Å². The highest BCUT2D eigenvalue weighted by Crippen LogP contribution is 2.26. The molecule has 1 aromatic carbocycles. The molecule has 0 spiro atoms. The summed E-state index contributed by atoms with van der Waals surface area (Å²) in [5.41, 5.74) is -0.600. The minimum atomic E-state index is -0.731. The van der Waals surface area contributed by atoms with Gasteiger partial charge in [-0.05, 0) is 41.9 Å². The summed E-state index contributed by atoms with van der Waals surface area (Å²) >= 11 is 3.12. The van der Waals surface area contributed by atoms with Crippen LogP contribution >= 0.6 is 15.9 Å². The Morgan fingerprint density at radius 2 is 2.00 bits per heavy atom. The lowest BCUT2D eigenvalue weighted by Gasteiger charge is -2.39. The lowest BCUT2D eigenvalue weighted by Crippen LogP contribution is -2.54. The van der Waals surface area contributed by atoms with E-state index in [1.165, 1.54) is 6.07 Å². The summed E-state index contributed by atoms with van der Waals surface area (Å²) < 4.78 is 19.6. The van der Waals surface area contributed by atoms with Crippen LogP contribution in [-0.2, 0) is 4.74 Å². The number of ether oxygens (including phenoxy) is 1. The average Bonchev–Trinajstić information content (AvgIpc) is 2.42. The van der Waals surface area contributed by atoms with Gasteiger partial charge < -0.3 is 4.74 Å². The molecule has 1 aliphatic rings. The number of halogens is 2. The van der Waals surface area contributed by atoms with Gasteiger partial charge in [-0.15, -0.1) is 0 Å². The Morgan fingerprint density at radius 3 is 2.63 bits per heavy atom. The fourth-order valence-electron chi connectivity index (χ4n) is 2.27. The third kappa shape index (κ3) is 2.88. The monoisotopic (exact) mass is 329 g/mol. The number of carbonyl (C=O) groups excluding carboxylic acids is 1. The lowest BCUT2D eigenvalue weighted by molar-refractivity contribution is -0.00443. The molecule has 19 heavy (non-hydrogen) atoms. The first kappa shape index (κ1) is 14.6. The van der Waals surface area contributed by atoms with Crippen molar-refractivity contribution in [2.24, 2.45) is 0 Å². The Bertz CT molecular complexity index is 484. The molecule has 104 valence electrons. The molecule has 0 aliphatic carbocycles. The van der Waals surface area contributed by atoms with E-state index in [4.69, 9.17) is 4.74 Å². The van der Waals surface area contributed by atoms with Crippen molar-refractivity contribution in [2.75, 3.05) is 26.3 Å². The van der Waals surface area contributed by atoms with E-state index in [1.807, 2.05) is 18.7 Å². The fraction of sp³-hybridized carbons (Fsp3) is 0.500. The van der Waals surface area contributed by atoms with Gasteiger partial charge in [0.25, 0.3) is 0 Å². The Balaban J connectivity index is 2.29. The highest BCUT2D eigenvalue weighted by atomic mass is 79.9. The molecule has 2 rings (SSSR count). The second kappa shape index (κ2) is 5.69. The predicted molar refractivity (Wildman–Crippen MR) is 74.9 cm³/mol. The summed E-state index contributed by atoms with van der Waals surface area (Å²) in [6.07, 6.45) is 0. The van der Waals surface area contributed by atoms with Crippen molar-refractivity contribution in [1.82, 2.24) is 4.90 Å². The highest BCUT2D eigenvalue weighted by molar-refractivity contribution is 9.10. The number of hydrogen-bond donors (Lipinski definition) is 0. The molecule has 3 nitrogen and oxygen atoms in total. The molecule has 1 heterocycles. The SMILES string of the molecule is CC(C)(C(=O)c1cccc(Br)c1F)N1CCOCC1. The zero-order valence-electron chi connectivity index (χ0n) is 11.1. The molecule has 1 aliphatic heterocycles. The molecule has 0 aromatic heterocycles. The van der Waals surface area contributed by atoms with Crippen LogP contribution in [0.1, 0.15) is 24.2 Å². The van der Waals surface area contributed by atoms with E-state index in [9.17, 15) is 9.18 Å². The summed E-state index contributed by atoms with van der Waals surface area (Å²) in [6.45, 7) is 6.26. The molecule has 0 atom stereocenters. The number of nitrogens with zero attached hydrogens (tertiary/aromatic N) is 1. The molecule has 0 radical (unpaired) electrons. The van der Waals surface area contributed by atoms with Crippen molar-refractivity contribution in [3.05, 3.63) is 34.1 Å². The normalized spacial score (nSPS) is 17.5. The van der Waals surface area contributed by atoms with Crippen molar-refractivity contribution >= 4 is 21.7 Å². The molecule has 0 N–H and O–H groups in total. The first-order chi connectivity index (χ1) is 8.94. The van der Waals surface area contributed by atoms with Crippen LogP contribution in [-0.4, -0.2) is 42.5 Å². The van der Waals surface area contributed by atoms with Crippen LogP contribution in [0.3, 0.4) is 0 Å². The van der Waals surface area contributed by atoms with Gasteiger partial charge in [-0.3, -0.25) is 9.69 Å². The Kier molecular flexibility index (Phi) is 4.38. The van der Waals surface area contributed by atoms with Gasteiger partial charge in [0, 0.05) is 13.1 Å². The molecule has 1 saturated heterocycles. The maximum atomic E-state index is 14.0. The van der Waals surface area contributed by atoms with E-state index >= 15 is 0 Å². The van der Waals surface area contributed by atoms with Crippen molar-refractivity contribution in [3.8, 4) is 0 Å². The maximum absolute atomic E-state index is 14.0. The Morgan fingerprint density at radius 1 is 1.37 bits per heavy atom. The van der Waals surface area contributed by atoms with Crippen LogP contribution in [0.5, 0.6) is 0 Å². The number of Topliss-reactive ketones (excluding diaryl/α,β-unsaturated/α-hetero) is 1. The van der Waals surface area contributed by atoms with Gasteiger partial charge in [0.2, 0.25) is 0 Å². The molecule has 0 unspecified atom stereocenters. The van der Waals surface area contributed by atoms with Crippen LogP contribution in [0.25, 0.3) is 0 Å². The standard InChI is InChI=1S/C14H17BrFNO2/c1-14(2,17-6-8-19-9-7-17)13(18)10-4-3-5-11(15)12(10)16/h3-5H,6-9H2,1-2H3. The number of hydrogen-bond acceptors (Lipinski definition) is 3. The first-order valence-corrected chi connectivity index (χ1v) is 7.05. The van der Waals surface area contributed by atoms with E-state index in [1.54, 1.807) is 12.1 Å². The van der Waals surface area contributed by atoms with E-state index in [2.05, 4.69) is 15.9 Å². The second-order valence-electron chi connectivity index (χ2n) is 5.09. The van der Waals surface area contributed by atoms with Crippen molar-refractivity contribution in [2.45, 2.75) is 19.4 Å². The van der Waals surface area contributed by atoms with Gasteiger partial charge in [-0.2, -0.15) is 0 Å². The molecule has 1 fully saturated rings. The summed E-state index contributed by atoms with van der Waals surface area (Å²) in [5.74, 6) is -0.693. The zero-order chi connectivity index (χ0) is 14.0. The van der Waals surface area contributed by atoms with Crippen LogP contribution in [0, 0.1) is 5.82 Å². The van der Waals surface area contributed by atoms with Crippen molar-refractivity contribution < 1.29 is 13.9 Å². The number of morpholine rings is 1. The molecule has 5 heteroatoms. The van der Waals surface area contributed by atoms with Gasteiger partial charge >= 0.3 is 0 Å².